The number of furan rings is 1. The van der Waals surface area contributed by atoms with E-state index in [-0.39, 0.29) is 17.4 Å². The minimum atomic E-state index is -0.681. The average molecular weight is 437 g/mol. The fourth-order valence-electron chi connectivity index (χ4n) is 4.50. The first-order valence-electron chi connectivity index (χ1n) is 11.0. The summed E-state index contributed by atoms with van der Waals surface area (Å²) in [6, 6.07) is 7.08. The number of carbonyl (C=O) groups excluding carboxylic acids is 2. The van der Waals surface area contributed by atoms with Crippen molar-refractivity contribution in [3.8, 4) is 11.4 Å². The molecule has 1 N–H and O–H groups in total. The number of nitrogens with zero attached hydrogens (tertiary/aromatic N) is 4. The number of halogens is 1. The van der Waals surface area contributed by atoms with E-state index in [0.29, 0.717) is 30.8 Å². The smallest absolute Gasteiger partial charge is 0.290 e. The number of rotatable bonds is 4. The van der Waals surface area contributed by atoms with Gasteiger partial charge in [0, 0.05) is 25.1 Å². The Morgan fingerprint density at radius 1 is 1.09 bits per heavy atom. The van der Waals surface area contributed by atoms with Crippen LogP contribution >= 0.6 is 0 Å². The summed E-state index contributed by atoms with van der Waals surface area (Å²) in [5.41, 5.74) is 0.757. The minimum absolute atomic E-state index is 0.0655. The van der Waals surface area contributed by atoms with Crippen LogP contribution in [0.15, 0.2) is 41.0 Å². The molecule has 4 heterocycles. The van der Waals surface area contributed by atoms with Gasteiger partial charge in [0.05, 0.1) is 12.0 Å². The first-order valence-corrected chi connectivity index (χ1v) is 11.0. The highest BCUT2D eigenvalue weighted by Crippen LogP contribution is 2.28. The lowest BCUT2D eigenvalue weighted by Crippen LogP contribution is -2.43. The Bertz CT molecular complexity index is 1140. The van der Waals surface area contributed by atoms with Gasteiger partial charge in [0.1, 0.15) is 17.7 Å². The molecular weight excluding hydrogens is 413 g/mol. The number of aryl methyl sites for hydroxylation is 1. The number of likely N-dealkylation sites (tertiary alicyclic amines) is 1. The van der Waals surface area contributed by atoms with E-state index in [4.69, 9.17) is 4.42 Å². The minimum Gasteiger partial charge on any atom is -0.459 e. The molecule has 166 valence electrons. The van der Waals surface area contributed by atoms with Crippen LogP contribution in [-0.2, 0) is 17.8 Å². The predicted molar refractivity (Wildman–Crippen MR) is 114 cm³/mol. The monoisotopic (exact) mass is 437 g/mol. The molecule has 8 nitrogen and oxygen atoms in total. The molecule has 5 rings (SSSR count). The highest BCUT2D eigenvalue weighted by molar-refractivity contribution is 6.00. The van der Waals surface area contributed by atoms with Gasteiger partial charge in [-0.1, -0.05) is 6.42 Å². The summed E-state index contributed by atoms with van der Waals surface area (Å²) < 4.78 is 21.9. The van der Waals surface area contributed by atoms with E-state index >= 15 is 0 Å². The maximum absolute atomic E-state index is 14.6. The average Bonchev–Trinajstić information content (AvgIpc) is 3.54. The number of benzene rings is 1. The van der Waals surface area contributed by atoms with Gasteiger partial charge in [-0.25, -0.2) is 4.39 Å². The van der Waals surface area contributed by atoms with Gasteiger partial charge in [0.2, 0.25) is 5.91 Å². The van der Waals surface area contributed by atoms with Crippen LogP contribution in [0.25, 0.3) is 11.4 Å². The third-order valence-corrected chi connectivity index (χ3v) is 6.14. The SMILES string of the molecule is O=C(Nc1cc(-c2nnc3n2CCCCC3)ccc1F)C1CCCN1C(=O)c1ccco1. The second-order valence-corrected chi connectivity index (χ2v) is 8.22. The van der Waals surface area contributed by atoms with Gasteiger partial charge in [0.15, 0.2) is 11.6 Å². The number of carbonyl (C=O) groups is 2. The standard InChI is InChI=1S/C23H24FN5O3/c24-16-10-9-15(21-27-26-20-8-2-1-3-11-29(20)21)14-17(16)25-22(30)18-6-4-12-28(18)23(31)19-7-5-13-32-19/h5,7,9-10,13-14,18H,1-4,6,8,11-12H2,(H,25,30). The number of hydrogen-bond donors (Lipinski definition) is 1. The summed E-state index contributed by atoms with van der Waals surface area (Å²) in [6.07, 6.45) is 6.77. The molecule has 1 saturated heterocycles. The third kappa shape index (κ3) is 3.79. The zero-order valence-corrected chi connectivity index (χ0v) is 17.6. The molecule has 0 radical (unpaired) electrons. The highest BCUT2D eigenvalue weighted by atomic mass is 19.1. The lowest BCUT2D eigenvalue weighted by molar-refractivity contribution is -0.119. The molecule has 0 saturated carbocycles. The Morgan fingerprint density at radius 2 is 2.00 bits per heavy atom. The first-order chi connectivity index (χ1) is 15.6. The van der Waals surface area contributed by atoms with E-state index < -0.39 is 17.8 Å². The van der Waals surface area contributed by atoms with Gasteiger partial charge in [-0.3, -0.25) is 9.59 Å². The lowest BCUT2D eigenvalue weighted by Gasteiger charge is -2.23. The molecule has 0 bridgehead atoms. The molecule has 9 heteroatoms. The normalized spacial score (nSPS) is 18.3. The van der Waals surface area contributed by atoms with Crippen LogP contribution < -0.4 is 5.32 Å². The van der Waals surface area contributed by atoms with Crippen LogP contribution in [0, 0.1) is 5.82 Å². The van der Waals surface area contributed by atoms with Crippen LogP contribution in [0.1, 0.15) is 48.5 Å². The molecule has 0 aliphatic carbocycles. The van der Waals surface area contributed by atoms with Crippen LogP contribution in [0.5, 0.6) is 0 Å². The lowest BCUT2D eigenvalue weighted by atomic mass is 10.1. The Labute approximate surface area is 184 Å². The van der Waals surface area contributed by atoms with E-state index in [9.17, 15) is 14.0 Å². The zero-order chi connectivity index (χ0) is 22.1. The summed E-state index contributed by atoms with van der Waals surface area (Å²) in [5, 5.41) is 11.3. The molecule has 32 heavy (non-hydrogen) atoms. The largest absolute Gasteiger partial charge is 0.459 e. The molecule has 1 atom stereocenters. The molecule has 1 aromatic carbocycles. The summed E-state index contributed by atoms with van der Waals surface area (Å²) in [4.78, 5) is 27.1. The quantitative estimate of drug-likeness (QED) is 0.673. The fourth-order valence-corrected chi connectivity index (χ4v) is 4.50. The number of amides is 2. The van der Waals surface area contributed by atoms with Gasteiger partial charge in [-0.15, -0.1) is 10.2 Å². The van der Waals surface area contributed by atoms with Crippen molar-refractivity contribution >= 4 is 17.5 Å². The molecule has 0 spiro atoms. The van der Waals surface area contributed by atoms with Crippen molar-refractivity contribution in [2.45, 2.75) is 51.1 Å². The van der Waals surface area contributed by atoms with Gasteiger partial charge in [0.25, 0.3) is 5.91 Å². The second-order valence-electron chi connectivity index (χ2n) is 8.22. The van der Waals surface area contributed by atoms with E-state index in [1.807, 2.05) is 0 Å². The van der Waals surface area contributed by atoms with Gasteiger partial charge < -0.3 is 19.2 Å². The Hall–Kier alpha value is -3.49. The van der Waals surface area contributed by atoms with Crippen molar-refractivity contribution in [3.63, 3.8) is 0 Å². The Morgan fingerprint density at radius 3 is 2.84 bits per heavy atom. The molecule has 3 aromatic rings. The number of aromatic nitrogens is 3. The fraction of sp³-hybridized carbons (Fsp3) is 0.391. The molecule has 2 amide bonds. The number of hydrogen-bond acceptors (Lipinski definition) is 5. The maximum atomic E-state index is 14.6. The van der Waals surface area contributed by atoms with Gasteiger partial charge in [-0.2, -0.15) is 0 Å². The first kappa shape index (κ1) is 20.4. The third-order valence-electron chi connectivity index (χ3n) is 6.14. The van der Waals surface area contributed by atoms with Crippen LogP contribution in [0.4, 0.5) is 10.1 Å². The van der Waals surface area contributed by atoms with Crippen LogP contribution in [0.3, 0.4) is 0 Å². The molecule has 2 aliphatic heterocycles. The summed E-state index contributed by atoms with van der Waals surface area (Å²) >= 11 is 0. The Balaban J connectivity index is 1.37. The molecule has 2 aliphatic rings. The molecule has 1 fully saturated rings. The van der Waals surface area contributed by atoms with E-state index in [1.165, 1.54) is 17.2 Å². The zero-order valence-electron chi connectivity index (χ0n) is 17.6. The van der Waals surface area contributed by atoms with Crippen molar-refractivity contribution in [1.82, 2.24) is 19.7 Å². The molecule has 2 aromatic heterocycles. The van der Waals surface area contributed by atoms with E-state index in [2.05, 4.69) is 20.1 Å². The topological polar surface area (TPSA) is 93.3 Å². The van der Waals surface area contributed by atoms with Gasteiger partial charge in [-0.05, 0) is 56.0 Å². The van der Waals surface area contributed by atoms with Gasteiger partial charge >= 0.3 is 0 Å². The van der Waals surface area contributed by atoms with E-state index in [1.54, 1.807) is 24.3 Å². The van der Waals surface area contributed by atoms with Crippen molar-refractivity contribution in [1.29, 1.82) is 0 Å². The van der Waals surface area contributed by atoms with Crippen LogP contribution in [0.2, 0.25) is 0 Å². The van der Waals surface area contributed by atoms with Crippen molar-refractivity contribution < 1.29 is 18.4 Å². The summed E-state index contributed by atoms with van der Waals surface area (Å²) in [5.74, 6) is 0.495. The summed E-state index contributed by atoms with van der Waals surface area (Å²) in [7, 11) is 0. The Kier molecular flexibility index (Phi) is 5.46. The van der Waals surface area contributed by atoms with Crippen molar-refractivity contribution in [2.24, 2.45) is 0 Å². The molecule has 1 unspecified atom stereocenters. The number of anilines is 1. The predicted octanol–water partition coefficient (Wildman–Crippen LogP) is 3.65. The highest BCUT2D eigenvalue weighted by Gasteiger charge is 2.36. The molecular formula is C23H24FN5O3. The number of nitrogens with one attached hydrogen (secondary N) is 1. The maximum Gasteiger partial charge on any atom is 0.290 e. The van der Waals surface area contributed by atoms with Crippen LogP contribution in [-0.4, -0.2) is 44.1 Å². The van der Waals surface area contributed by atoms with E-state index in [0.717, 1.165) is 38.1 Å². The second kappa shape index (κ2) is 8.57. The van der Waals surface area contributed by atoms with Crippen molar-refractivity contribution in [2.75, 3.05) is 11.9 Å². The summed E-state index contributed by atoms with van der Waals surface area (Å²) in [6.45, 7) is 1.27. The van der Waals surface area contributed by atoms with Crippen molar-refractivity contribution in [3.05, 3.63) is 54.0 Å². The number of fused-ring (bicyclic) bond motifs is 1.